The van der Waals surface area contributed by atoms with Crippen LogP contribution in [-0.2, 0) is 0 Å². The average molecular weight is 266 g/mol. The highest BCUT2D eigenvalue weighted by atomic mass is 32.2. The van der Waals surface area contributed by atoms with E-state index in [-0.39, 0.29) is 11.8 Å². The topological polar surface area (TPSA) is 58.2 Å². The van der Waals surface area contributed by atoms with Crippen molar-refractivity contribution in [3.63, 3.8) is 0 Å². The van der Waals surface area contributed by atoms with Crippen molar-refractivity contribution in [2.24, 2.45) is 0 Å². The first-order valence-electron chi connectivity index (χ1n) is 5.71. The van der Waals surface area contributed by atoms with Crippen molar-refractivity contribution in [1.29, 1.82) is 0 Å². The lowest BCUT2D eigenvalue weighted by Gasteiger charge is -2.11. The van der Waals surface area contributed by atoms with Gasteiger partial charge in [0.15, 0.2) is 5.78 Å². The van der Waals surface area contributed by atoms with Crippen molar-refractivity contribution in [1.82, 2.24) is 5.32 Å². The van der Waals surface area contributed by atoms with Gasteiger partial charge in [-0.1, -0.05) is 19.1 Å². The standard InChI is InChI=1S/C13H18N2O2S/c1-9(18-3)8-14-13(17)15-12-6-4-5-11(7-12)10(2)16/h4-7,9H,8H2,1-3H3,(H2,14,15,17). The molecule has 0 saturated carbocycles. The summed E-state index contributed by atoms with van der Waals surface area (Å²) in [5.41, 5.74) is 1.21. The molecule has 0 spiro atoms. The average Bonchev–Trinajstić information content (AvgIpc) is 2.36. The minimum Gasteiger partial charge on any atom is -0.337 e. The number of thioether (sulfide) groups is 1. The van der Waals surface area contributed by atoms with Gasteiger partial charge in [-0.3, -0.25) is 4.79 Å². The number of Topliss-reactive ketones (excluding diaryl/α,β-unsaturated/α-hetero) is 1. The molecule has 0 radical (unpaired) electrons. The van der Waals surface area contributed by atoms with Gasteiger partial charge in [0.05, 0.1) is 0 Å². The lowest BCUT2D eigenvalue weighted by molar-refractivity contribution is 0.101. The van der Waals surface area contributed by atoms with E-state index < -0.39 is 0 Å². The molecule has 98 valence electrons. The lowest BCUT2D eigenvalue weighted by Crippen LogP contribution is -2.33. The molecule has 18 heavy (non-hydrogen) atoms. The van der Waals surface area contributed by atoms with E-state index in [1.54, 1.807) is 36.0 Å². The van der Waals surface area contributed by atoms with Crippen LogP contribution >= 0.6 is 11.8 Å². The van der Waals surface area contributed by atoms with E-state index >= 15 is 0 Å². The van der Waals surface area contributed by atoms with E-state index in [0.717, 1.165) is 0 Å². The zero-order valence-electron chi connectivity index (χ0n) is 10.8. The second-order valence-electron chi connectivity index (χ2n) is 4.02. The third-order valence-corrected chi connectivity index (χ3v) is 3.45. The third kappa shape index (κ3) is 4.79. The maximum Gasteiger partial charge on any atom is 0.319 e. The van der Waals surface area contributed by atoms with E-state index in [1.165, 1.54) is 6.92 Å². The second kappa shape index (κ2) is 7.06. The Labute approximate surface area is 112 Å². The first-order chi connectivity index (χ1) is 8.52. The normalized spacial score (nSPS) is 11.7. The van der Waals surface area contributed by atoms with Crippen LogP contribution in [0.1, 0.15) is 24.2 Å². The molecule has 0 aliphatic rings. The number of carbonyl (C=O) groups is 2. The number of hydrogen-bond acceptors (Lipinski definition) is 3. The molecule has 1 atom stereocenters. The predicted molar refractivity (Wildman–Crippen MR) is 76.4 cm³/mol. The third-order valence-electron chi connectivity index (χ3n) is 2.48. The van der Waals surface area contributed by atoms with Gasteiger partial charge in [-0.05, 0) is 25.3 Å². The molecule has 1 unspecified atom stereocenters. The van der Waals surface area contributed by atoms with Crippen LogP contribution in [0.4, 0.5) is 10.5 Å². The summed E-state index contributed by atoms with van der Waals surface area (Å²) >= 11 is 1.69. The molecule has 1 aromatic carbocycles. The first kappa shape index (κ1) is 14.6. The number of amides is 2. The minimum atomic E-state index is -0.253. The number of anilines is 1. The Bertz CT molecular complexity index is 435. The lowest BCUT2D eigenvalue weighted by atomic mass is 10.1. The van der Waals surface area contributed by atoms with Crippen molar-refractivity contribution < 1.29 is 9.59 Å². The van der Waals surface area contributed by atoms with Crippen LogP contribution in [0.5, 0.6) is 0 Å². The van der Waals surface area contributed by atoms with Crippen molar-refractivity contribution >= 4 is 29.3 Å². The maximum atomic E-state index is 11.6. The van der Waals surface area contributed by atoms with Crippen molar-refractivity contribution in [2.75, 3.05) is 18.1 Å². The molecular weight excluding hydrogens is 248 g/mol. The van der Waals surface area contributed by atoms with Crippen molar-refractivity contribution in [3.05, 3.63) is 29.8 Å². The van der Waals surface area contributed by atoms with Crippen LogP contribution in [0.25, 0.3) is 0 Å². The Hall–Kier alpha value is -1.49. The Balaban J connectivity index is 2.54. The molecule has 0 bridgehead atoms. The SMILES string of the molecule is CSC(C)CNC(=O)Nc1cccc(C(C)=O)c1. The van der Waals surface area contributed by atoms with E-state index in [9.17, 15) is 9.59 Å². The van der Waals surface area contributed by atoms with Crippen molar-refractivity contribution in [2.45, 2.75) is 19.1 Å². The molecule has 1 aromatic rings. The van der Waals surface area contributed by atoms with Gasteiger partial charge in [-0.15, -0.1) is 0 Å². The molecule has 1 rings (SSSR count). The molecular formula is C13H18N2O2S. The summed E-state index contributed by atoms with van der Waals surface area (Å²) in [6.07, 6.45) is 2.00. The highest BCUT2D eigenvalue weighted by Crippen LogP contribution is 2.11. The molecule has 0 heterocycles. The van der Waals surface area contributed by atoms with Crippen LogP contribution < -0.4 is 10.6 Å². The van der Waals surface area contributed by atoms with E-state index in [4.69, 9.17) is 0 Å². The first-order valence-corrected chi connectivity index (χ1v) is 7.00. The Morgan fingerprint density at radius 1 is 1.39 bits per heavy atom. The highest BCUT2D eigenvalue weighted by Gasteiger charge is 2.05. The minimum absolute atomic E-state index is 0.0185. The van der Waals surface area contributed by atoms with Crippen LogP contribution in [-0.4, -0.2) is 29.9 Å². The number of urea groups is 1. The Morgan fingerprint density at radius 2 is 2.11 bits per heavy atom. The summed E-state index contributed by atoms with van der Waals surface area (Å²) in [5.74, 6) is -0.0185. The van der Waals surface area contributed by atoms with E-state index in [2.05, 4.69) is 10.6 Å². The number of benzene rings is 1. The monoisotopic (exact) mass is 266 g/mol. The van der Waals surface area contributed by atoms with Crippen LogP contribution in [0.3, 0.4) is 0 Å². The summed E-state index contributed by atoms with van der Waals surface area (Å²) in [5, 5.41) is 5.85. The summed E-state index contributed by atoms with van der Waals surface area (Å²) in [6.45, 7) is 4.15. The van der Waals surface area contributed by atoms with Gasteiger partial charge in [-0.2, -0.15) is 11.8 Å². The zero-order chi connectivity index (χ0) is 13.5. The zero-order valence-corrected chi connectivity index (χ0v) is 11.6. The molecule has 4 nitrogen and oxygen atoms in total. The summed E-state index contributed by atoms with van der Waals surface area (Å²) in [7, 11) is 0. The fraction of sp³-hybridized carbons (Fsp3) is 0.385. The van der Waals surface area contributed by atoms with E-state index in [1.807, 2.05) is 13.2 Å². The molecule has 0 fully saturated rings. The fourth-order valence-corrected chi connectivity index (χ4v) is 1.56. The van der Waals surface area contributed by atoms with Gasteiger partial charge in [-0.25, -0.2) is 4.79 Å². The predicted octanol–water partition coefficient (Wildman–Crippen LogP) is 2.76. The molecule has 2 amide bonds. The maximum absolute atomic E-state index is 11.6. The number of nitrogens with one attached hydrogen (secondary N) is 2. The van der Waals surface area contributed by atoms with Gasteiger partial charge in [0, 0.05) is 23.0 Å². The van der Waals surface area contributed by atoms with Crippen molar-refractivity contribution in [3.8, 4) is 0 Å². The van der Waals surface area contributed by atoms with Gasteiger partial charge in [0.25, 0.3) is 0 Å². The molecule has 0 aliphatic heterocycles. The smallest absolute Gasteiger partial charge is 0.319 e. The van der Waals surface area contributed by atoms with E-state index in [0.29, 0.717) is 23.0 Å². The molecule has 2 N–H and O–H groups in total. The number of ketones is 1. The Morgan fingerprint density at radius 3 is 2.72 bits per heavy atom. The highest BCUT2D eigenvalue weighted by molar-refractivity contribution is 7.99. The van der Waals surface area contributed by atoms with Gasteiger partial charge < -0.3 is 10.6 Å². The largest absolute Gasteiger partial charge is 0.337 e. The molecule has 5 heteroatoms. The number of carbonyl (C=O) groups excluding carboxylic acids is 2. The fourth-order valence-electron chi connectivity index (χ4n) is 1.31. The van der Waals surface area contributed by atoms with Gasteiger partial charge >= 0.3 is 6.03 Å². The van der Waals surface area contributed by atoms with Gasteiger partial charge in [0.2, 0.25) is 0 Å². The number of rotatable bonds is 5. The van der Waals surface area contributed by atoms with Crippen LogP contribution in [0, 0.1) is 0 Å². The summed E-state index contributed by atoms with van der Waals surface area (Å²) in [6, 6.07) is 6.64. The summed E-state index contributed by atoms with van der Waals surface area (Å²) < 4.78 is 0. The number of hydrogen-bond donors (Lipinski definition) is 2. The molecule has 0 aromatic heterocycles. The summed E-state index contributed by atoms with van der Waals surface area (Å²) in [4.78, 5) is 22.8. The van der Waals surface area contributed by atoms with Gasteiger partial charge in [0.1, 0.15) is 0 Å². The quantitative estimate of drug-likeness (QED) is 0.806. The molecule has 0 aliphatic carbocycles. The van der Waals surface area contributed by atoms with Crippen LogP contribution in [0.2, 0.25) is 0 Å². The Kier molecular flexibility index (Phi) is 5.71. The second-order valence-corrected chi connectivity index (χ2v) is 5.29. The molecule has 0 saturated heterocycles. The van der Waals surface area contributed by atoms with Crippen LogP contribution in [0.15, 0.2) is 24.3 Å².